The summed E-state index contributed by atoms with van der Waals surface area (Å²) in [6.45, 7) is 3.52. The lowest BCUT2D eigenvalue weighted by Crippen LogP contribution is -2.46. The number of carbonyl (C=O) groups excluding carboxylic acids is 2. The summed E-state index contributed by atoms with van der Waals surface area (Å²) < 4.78 is 50.3. The summed E-state index contributed by atoms with van der Waals surface area (Å²) in [5, 5.41) is 7.42. The Kier molecular flexibility index (Phi) is 13.1. The molecule has 268 valence electrons. The quantitative estimate of drug-likeness (QED) is 0.0778. The van der Waals surface area contributed by atoms with Crippen LogP contribution in [0.25, 0.3) is 0 Å². The Hall–Kier alpha value is -4.35. The Balaban J connectivity index is 1.17. The number of nitrogens with two attached hydrogens (primary N) is 1. The molecular weight excluding hydrogens is 644 g/mol. The van der Waals surface area contributed by atoms with Crippen LogP contribution < -0.4 is 40.3 Å². The number of amides is 2. The number of hydrogen-bond donors (Lipinski definition) is 3. The van der Waals surface area contributed by atoms with Crippen molar-refractivity contribution in [3.05, 3.63) is 41.0 Å². The summed E-state index contributed by atoms with van der Waals surface area (Å²) in [4.78, 5) is 30.7. The molecule has 1 unspecified atom stereocenters. The number of hydrogen-bond acceptors (Lipinski definition) is 14. The van der Waals surface area contributed by atoms with Crippen molar-refractivity contribution in [3.8, 4) is 28.7 Å². The molecule has 2 heterocycles. The van der Waals surface area contributed by atoms with Crippen molar-refractivity contribution in [2.24, 2.45) is 22.8 Å². The van der Waals surface area contributed by atoms with Gasteiger partial charge < -0.3 is 52.8 Å². The van der Waals surface area contributed by atoms with Crippen LogP contribution >= 0.6 is 0 Å². The molecule has 0 saturated heterocycles. The van der Waals surface area contributed by atoms with E-state index in [4.69, 9.17) is 53.3 Å². The molecule has 5 rings (SSSR count). The minimum atomic E-state index is -0.587. The minimum absolute atomic E-state index is 0.108. The number of oxime groups is 1. The Bertz CT molecular complexity index is 1450. The number of nitrogens with zero attached hydrogens (tertiary/aromatic N) is 1. The van der Waals surface area contributed by atoms with Gasteiger partial charge in [0.1, 0.15) is 6.61 Å². The van der Waals surface area contributed by atoms with E-state index in [1.165, 1.54) is 0 Å². The first-order valence-corrected chi connectivity index (χ1v) is 16.0. The standard InChI is InChI=1S/C33H44N4O12/c1-40-26-14-20(15-27(41-2)32(26)42-3)29-21-16-24-25(48-19-47-24)17-22(21)31-23(18-49-37-31)30(29)33(39)35-5-7-44-9-11-46-13-12-45-10-8-43-6-4-28(38)36-34/h14-17,23,29-30H,4-13,18-19,34H2,1-3H3,(H,35,39)(H,36,38)/t23?,29-,30+/m1/s1. The number of fused-ring (bicyclic) bond motifs is 4. The van der Waals surface area contributed by atoms with Crippen LogP contribution in [0.5, 0.6) is 28.7 Å². The fourth-order valence-electron chi connectivity index (χ4n) is 6.08. The number of nitrogens with one attached hydrogen (secondary N) is 2. The molecule has 0 aromatic heterocycles. The average molecular weight is 689 g/mol. The first-order valence-electron chi connectivity index (χ1n) is 16.0. The predicted molar refractivity (Wildman–Crippen MR) is 173 cm³/mol. The zero-order valence-electron chi connectivity index (χ0n) is 28.0. The van der Waals surface area contributed by atoms with E-state index in [-0.39, 0.29) is 44.2 Å². The van der Waals surface area contributed by atoms with Gasteiger partial charge in [-0.2, -0.15) is 0 Å². The molecule has 3 aliphatic rings. The molecule has 2 aromatic carbocycles. The topological polar surface area (TPSA) is 189 Å². The first kappa shape index (κ1) is 35.9. The molecule has 16 nitrogen and oxygen atoms in total. The zero-order chi connectivity index (χ0) is 34.6. The van der Waals surface area contributed by atoms with Gasteiger partial charge in [0.05, 0.1) is 98.2 Å². The molecule has 0 spiro atoms. The normalized spacial score (nSPS) is 18.5. The van der Waals surface area contributed by atoms with E-state index in [1.54, 1.807) is 21.3 Å². The van der Waals surface area contributed by atoms with E-state index in [2.05, 4.69) is 10.5 Å². The SMILES string of the molecule is COc1cc([C@@H]2c3cc4c(cc3C3=NOCC3[C@@H]2C(=O)NCCOCCOCCOCCOCCC(=O)NN)OCO4)cc(OC)c1OC. The second-order valence-corrected chi connectivity index (χ2v) is 11.2. The van der Waals surface area contributed by atoms with E-state index < -0.39 is 11.8 Å². The molecule has 1 aliphatic carbocycles. The molecule has 0 fully saturated rings. The Morgan fingerprint density at radius 2 is 1.45 bits per heavy atom. The van der Waals surface area contributed by atoms with Crippen molar-refractivity contribution in [1.82, 2.24) is 10.7 Å². The third kappa shape index (κ3) is 8.63. The highest BCUT2D eigenvalue weighted by atomic mass is 16.7. The molecular formula is C33H44N4O12. The number of ether oxygens (including phenoxy) is 9. The van der Waals surface area contributed by atoms with Gasteiger partial charge in [-0.3, -0.25) is 15.0 Å². The van der Waals surface area contributed by atoms with E-state index in [9.17, 15) is 9.59 Å². The Morgan fingerprint density at radius 1 is 0.837 bits per heavy atom. The van der Waals surface area contributed by atoms with Crippen LogP contribution in [0.4, 0.5) is 0 Å². The molecule has 0 saturated carbocycles. The van der Waals surface area contributed by atoms with Gasteiger partial charge in [-0.1, -0.05) is 5.16 Å². The first-order chi connectivity index (χ1) is 24.0. The zero-order valence-corrected chi connectivity index (χ0v) is 28.0. The van der Waals surface area contributed by atoms with Crippen LogP contribution in [0.1, 0.15) is 29.0 Å². The van der Waals surface area contributed by atoms with Crippen LogP contribution in [0.2, 0.25) is 0 Å². The van der Waals surface area contributed by atoms with Crippen molar-refractivity contribution < 1.29 is 57.1 Å². The fraction of sp³-hybridized carbons (Fsp3) is 0.545. The van der Waals surface area contributed by atoms with Gasteiger partial charge in [0.25, 0.3) is 0 Å². The number of carbonyl (C=O) groups is 2. The largest absolute Gasteiger partial charge is 0.493 e. The summed E-state index contributed by atoms with van der Waals surface area (Å²) in [6, 6.07) is 7.55. The molecule has 16 heteroatoms. The lowest BCUT2D eigenvalue weighted by atomic mass is 9.65. The second-order valence-electron chi connectivity index (χ2n) is 11.2. The molecule has 0 radical (unpaired) electrons. The summed E-state index contributed by atoms with van der Waals surface area (Å²) >= 11 is 0. The predicted octanol–water partition coefficient (Wildman–Crippen LogP) is 1.12. The lowest BCUT2D eigenvalue weighted by Gasteiger charge is -2.37. The number of rotatable bonds is 20. The smallest absolute Gasteiger partial charge is 0.236 e. The van der Waals surface area contributed by atoms with Gasteiger partial charge in [0.15, 0.2) is 23.0 Å². The number of hydrazine groups is 1. The van der Waals surface area contributed by atoms with Crippen LogP contribution in [-0.2, 0) is 33.4 Å². The fourth-order valence-corrected chi connectivity index (χ4v) is 6.08. The van der Waals surface area contributed by atoms with Gasteiger partial charge in [-0.05, 0) is 35.4 Å². The Morgan fingerprint density at radius 3 is 2.06 bits per heavy atom. The van der Waals surface area contributed by atoms with E-state index in [0.717, 1.165) is 16.7 Å². The van der Waals surface area contributed by atoms with Crippen molar-refractivity contribution >= 4 is 17.5 Å². The van der Waals surface area contributed by atoms with Crippen LogP contribution in [0.15, 0.2) is 29.4 Å². The van der Waals surface area contributed by atoms with Crippen molar-refractivity contribution in [2.75, 3.05) is 94.1 Å². The molecule has 4 N–H and O–H groups in total. The van der Waals surface area contributed by atoms with Crippen LogP contribution in [0, 0.1) is 11.8 Å². The van der Waals surface area contributed by atoms with Gasteiger partial charge >= 0.3 is 0 Å². The molecule has 3 atom stereocenters. The summed E-state index contributed by atoms with van der Waals surface area (Å²) in [5.74, 6) is 5.82. The highest BCUT2D eigenvalue weighted by molar-refractivity contribution is 6.08. The Labute approximate surface area is 284 Å². The molecule has 2 aliphatic heterocycles. The molecule has 2 amide bonds. The number of methoxy groups -OCH3 is 3. The van der Waals surface area contributed by atoms with E-state index >= 15 is 0 Å². The summed E-state index contributed by atoms with van der Waals surface area (Å²) in [6.07, 6.45) is 0.201. The molecule has 49 heavy (non-hydrogen) atoms. The van der Waals surface area contributed by atoms with Gasteiger partial charge in [0, 0.05) is 18.0 Å². The third-order valence-corrected chi connectivity index (χ3v) is 8.36. The summed E-state index contributed by atoms with van der Waals surface area (Å²) in [7, 11) is 4.66. The van der Waals surface area contributed by atoms with Gasteiger partial charge in [-0.15, -0.1) is 0 Å². The van der Waals surface area contributed by atoms with E-state index in [1.807, 2.05) is 29.7 Å². The van der Waals surface area contributed by atoms with Crippen molar-refractivity contribution in [2.45, 2.75) is 12.3 Å². The van der Waals surface area contributed by atoms with E-state index in [0.29, 0.717) is 87.3 Å². The van der Waals surface area contributed by atoms with Crippen molar-refractivity contribution in [3.63, 3.8) is 0 Å². The number of benzene rings is 2. The second kappa shape index (κ2) is 17.9. The maximum Gasteiger partial charge on any atom is 0.236 e. The molecule has 0 bridgehead atoms. The highest BCUT2D eigenvalue weighted by Gasteiger charge is 2.49. The maximum absolute atomic E-state index is 14.1. The van der Waals surface area contributed by atoms with Crippen LogP contribution in [-0.4, -0.2) is 112 Å². The maximum atomic E-state index is 14.1. The lowest BCUT2D eigenvalue weighted by molar-refractivity contribution is -0.127. The van der Waals surface area contributed by atoms with Gasteiger partial charge in [0.2, 0.25) is 24.4 Å². The summed E-state index contributed by atoms with van der Waals surface area (Å²) in [5.41, 5.74) is 5.22. The monoisotopic (exact) mass is 688 g/mol. The van der Waals surface area contributed by atoms with Crippen molar-refractivity contribution in [1.29, 1.82) is 0 Å². The van der Waals surface area contributed by atoms with Gasteiger partial charge in [-0.25, -0.2) is 5.84 Å². The minimum Gasteiger partial charge on any atom is -0.493 e. The van der Waals surface area contributed by atoms with Crippen LogP contribution in [0.3, 0.4) is 0 Å². The average Bonchev–Trinajstić information content (AvgIpc) is 3.80. The highest BCUT2D eigenvalue weighted by Crippen LogP contribution is 2.51. The molecule has 2 aromatic rings. The third-order valence-electron chi connectivity index (χ3n) is 8.36.